The summed E-state index contributed by atoms with van der Waals surface area (Å²) in [7, 11) is 0. The Morgan fingerprint density at radius 1 is 1.78 bits per heavy atom. The molecule has 9 heavy (non-hydrogen) atoms. The van der Waals surface area contributed by atoms with Crippen LogP contribution in [0.2, 0.25) is 0 Å². The largest absolute Gasteiger partial charge is 0.593 e. The third-order valence-electron chi connectivity index (χ3n) is 1.10. The number of hydrogen-bond donors (Lipinski definition) is 1. The minimum absolute atomic E-state index is 0.404. The molecule has 1 atom stereocenters. The Labute approximate surface area is 58.6 Å². The van der Waals surface area contributed by atoms with Gasteiger partial charge in [-0.25, -0.2) is 4.72 Å². The molecule has 0 aromatic heterocycles. The Kier molecular flexibility index (Phi) is 2.03. The highest BCUT2D eigenvalue weighted by Crippen LogP contribution is 2.27. The number of rotatable bonds is 3. The SMILES string of the molecule is C=C(C)N[S+]([O-])C1CC1. The maximum atomic E-state index is 11.0. The quantitative estimate of drug-likeness (QED) is 0.600. The zero-order chi connectivity index (χ0) is 6.85. The van der Waals surface area contributed by atoms with E-state index in [0.29, 0.717) is 5.25 Å². The fourth-order valence-corrected chi connectivity index (χ4v) is 1.61. The van der Waals surface area contributed by atoms with Crippen molar-refractivity contribution in [1.82, 2.24) is 4.72 Å². The van der Waals surface area contributed by atoms with E-state index in [1.165, 1.54) is 0 Å². The van der Waals surface area contributed by atoms with Gasteiger partial charge in [0.1, 0.15) is 5.25 Å². The highest BCUT2D eigenvalue weighted by molar-refractivity contribution is 7.90. The van der Waals surface area contributed by atoms with Crippen LogP contribution in [-0.2, 0) is 11.4 Å². The van der Waals surface area contributed by atoms with Crippen LogP contribution in [0.1, 0.15) is 19.8 Å². The monoisotopic (exact) mass is 145 g/mol. The highest BCUT2D eigenvalue weighted by Gasteiger charge is 2.34. The predicted octanol–water partition coefficient (Wildman–Crippen LogP) is 0.936. The average molecular weight is 145 g/mol. The van der Waals surface area contributed by atoms with Crippen LogP contribution in [0.5, 0.6) is 0 Å². The summed E-state index contributed by atoms with van der Waals surface area (Å²) in [4.78, 5) is 0. The Bertz CT molecular complexity index is 122. The van der Waals surface area contributed by atoms with Crippen molar-refractivity contribution in [3.8, 4) is 0 Å². The van der Waals surface area contributed by atoms with Crippen LogP contribution < -0.4 is 4.72 Å². The van der Waals surface area contributed by atoms with Gasteiger partial charge in [-0.05, 0) is 6.92 Å². The molecule has 0 heterocycles. The van der Waals surface area contributed by atoms with Gasteiger partial charge in [0, 0.05) is 18.5 Å². The zero-order valence-corrected chi connectivity index (χ0v) is 6.33. The Balaban J connectivity index is 2.17. The molecule has 0 amide bonds. The molecule has 0 bridgehead atoms. The molecule has 1 N–H and O–H groups in total. The summed E-state index contributed by atoms with van der Waals surface area (Å²) in [5.41, 5.74) is 0.792. The van der Waals surface area contributed by atoms with Crippen LogP contribution in [0.25, 0.3) is 0 Å². The van der Waals surface area contributed by atoms with Crippen molar-refractivity contribution >= 4 is 11.4 Å². The molecule has 1 unspecified atom stereocenters. The third kappa shape index (κ3) is 2.28. The Morgan fingerprint density at radius 3 is 2.67 bits per heavy atom. The minimum Gasteiger partial charge on any atom is -0.593 e. The summed E-state index contributed by atoms with van der Waals surface area (Å²) in [6.07, 6.45) is 2.21. The van der Waals surface area contributed by atoms with E-state index in [9.17, 15) is 4.55 Å². The number of hydrogen-bond acceptors (Lipinski definition) is 2. The zero-order valence-electron chi connectivity index (χ0n) is 5.52. The lowest BCUT2D eigenvalue weighted by Crippen LogP contribution is -2.24. The van der Waals surface area contributed by atoms with Crippen molar-refractivity contribution in [2.45, 2.75) is 25.0 Å². The van der Waals surface area contributed by atoms with E-state index >= 15 is 0 Å². The molecule has 0 aliphatic heterocycles. The molecule has 1 rings (SSSR count). The van der Waals surface area contributed by atoms with E-state index < -0.39 is 11.4 Å². The molecule has 0 radical (unpaired) electrons. The number of nitrogens with one attached hydrogen (secondary N) is 1. The van der Waals surface area contributed by atoms with Gasteiger partial charge >= 0.3 is 0 Å². The summed E-state index contributed by atoms with van der Waals surface area (Å²) in [5, 5.41) is 0.404. The maximum Gasteiger partial charge on any atom is 0.141 e. The average Bonchev–Trinajstić information content (AvgIpc) is 2.40. The molecule has 0 aromatic carbocycles. The minimum atomic E-state index is -0.840. The van der Waals surface area contributed by atoms with E-state index in [1.54, 1.807) is 0 Å². The van der Waals surface area contributed by atoms with Gasteiger partial charge in [-0.2, -0.15) is 0 Å². The molecule has 3 heteroatoms. The van der Waals surface area contributed by atoms with Crippen LogP contribution in [0.4, 0.5) is 0 Å². The number of allylic oxidation sites excluding steroid dienone is 1. The summed E-state index contributed by atoms with van der Waals surface area (Å²) in [6, 6.07) is 0. The van der Waals surface area contributed by atoms with E-state index in [-0.39, 0.29) is 0 Å². The first kappa shape index (κ1) is 6.96. The third-order valence-corrected chi connectivity index (χ3v) is 2.73. The van der Waals surface area contributed by atoms with Crippen molar-refractivity contribution in [3.63, 3.8) is 0 Å². The lowest BCUT2D eigenvalue weighted by molar-refractivity contribution is 0.586. The first-order chi connectivity index (χ1) is 4.20. The second-order valence-corrected chi connectivity index (χ2v) is 3.84. The molecular formula is C6H11NOS. The standard InChI is InChI=1S/C6H11NOS/c1-5(2)7-9(8)6-3-4-6/h6-7H,1,3-4H2,2H3. The van der Waals surface area contributed by atoms with Crippen molar-refractivity contribution in [2.24, 2.45) is 0 Å². The molecule has 1 aliphatic rings. The van der Waals surface area contributed by atoms with Crippen molar-refractivity contribution in [1.29, 1.82) is 0 Å². The second kappa shape index (κ2) is 2.62. The molecule has 0 aromatic rings. The fourth-order valence-electron chi connectivity index (χ4n) is 0.537. The molecule has 2 nitrogen and oxygen atoms in total. The van der Waals surface area contributed by atoms with Crippen LogP contribution in [0.15, 0.2) is 12.3 Å². The van der Waals surface area contributed by atoms with Gasteiger partial charge in [-0.3, -0.25) is 0 Å². The molecule has 1 fully saturated rings. The Morgan fingerprint density at radius 2 is 2.33 bits per heavy atom. The van der Waals surface area contributed by atoms with Gasteiger partial charge < -0.3 is 4.55 Å². The van der Waals surface area contributed by atoms with Crippen LogP contribution in [0, 0.1) is 0 Å². The van der Waals surface area contributed by atoms with E-state index in [0.717, 1.165) is 18.5 Å². The predicted molar refractivity (Wildman–Crippen MR) is 39.1 cm³/mol. The topological polar surface area (TPSA) is 35.1 Å². The lowest BCUT2D eigenvalue weighted by atomic mass is 10.6. The Hall–Kier alpha value is -0.150. The smallest absolute Gasteiger partial charge is 0.141 e. The fraction of sp³-hybridized carbons (Fsp3) is 0.667. The van der Waals surface area contributed by atoms with Gasteiger partial charge in [-0.15, -0.1) is 0 Å². The lowest BCUT2D eigenvalue weighted by Gasteiger charge is -2.09. The normalized spacial score (nSPS) is 21.1. The van der Waals surface area contributed by atoms with Crippen LogP contribution >= 0.6 is 0 Å². The molecule has 0 spiro atoms. The summed E-state index contributed by atoms with van der Waals surface area (Å²) < 4.78 is 13.7. The molecule has 1 aliphatic carbocycles. The van der Waals surface area contributed by atoms with Gasteiger partial charge in [-0.1, -0.05) is 6.58 Å². The molecule has 1 saturated carbocycles. The molecule has 52 valence electrons. The highest BCUT2D eigenvalue weighted by atomic mass is 32.2. The summed E-state index contributed by atoms with van der Waals surface area (Å²) >= 11 is -0.840. The van der Waals surface area contributed by atoms with Crippen molar-refractivity contribution in [3.05, 3.63) is 12.3 Å². The molecular weight excluding hydrogens is 134 g/mol. The van der Waals surface area contributed by atoms with E-state index in [4.69, 9.17) is 0 Å². The first-order valence-electron chi connectivity index (χ1n) is 3.03. The first-order valence-corrected chi connectivity index (χ1v) is 4.24. The molecule has 0 saturated heterocycles. The second-order valence-electron chi connectivity index (χ2n) is 2.38. The van der Waals surface area contributed by atoms with Gasteiger partial charge in [0.2, 0.25) is 0 Å². The summed E-state index contributed by atoms with van der Waals surface area (Å²) in [5.74, 6) is 0. The van der Waals surface area contributed by atoms with Crippen LogP contribution in [-0.4, -0.2) is 9.80 Å². The van der Waals surface area contributed by atoms with Crippen molar-refractivity contribution < 1.29 is 4.55 Å². The van der Waals surface area contributed by atoms with Crippen LogP contribution in [0.3, 0.4) is 0 Å². The van der Waals surface area contributed by atoms with Gasteiger partial charge in [0.25, 0.3) is 0 Å². The van der Waals surface area contributed by atoms with E-state index in [1.807, 2.05) is 6.92 Å². The van der Waals surface area contributed by atoms with Crippen molar-refractivity contribution in [2.75, 3.05) is 0 Å². The van der Waals surface area contributed by atoms with Gasteiger partial charge in [0.05, 0.1) is 11.4 Å². The van der Waals surface area contributed by atoms with Gasteiger partial charge in [0.15, 0.2) is 0 Å². The summed E-state index contributed by atoms with van der Waals surface area (Å²) in [6.45, 7) is 5.42. The maximum absolute atomic E-state index is 11.0. The van der Waals surface area contributed by atoms with E-state index in [2.05, 4.69) is 11.3 Å².